The summed E-state index contributed by atoms with van der Waals surface area (Å²) in [6.07, 6.45) is 6.36. The van der Waals surface area contributed by atoms with Gasteiger partial charge in [0.25, 0.3) is 0 Å². The first-order chi connectivity index (χ1) is 6.34. The fraction of sp³-hybridized carbons (Fsp3) is 0.231. The van der Waals surface area contributed by atoms with Crippen LogP contribution < -0.4 is 0 Å². The number of benzene rings is 1. The Morgan fingerprint density at radius 2 is 1.92 bits per heavy atom. The van der Waals surface area contributed by atoms with Crippen LogP contribution in [0.4, 0.5) is 0 Å². The molecule has 0 heteroatoms. The highest BCUT2D eigenvalue weighted by Crippen LogP contribution is 2.13. The summed E-state index contributed by atoms with van der Waals surface area (Å²) in [6, 6.07) is 10.5. The molecule has 0 spiro atoms. The van der Waals surface area contributed by atoms with E-state index in [0.717, 1.165) is 12.8 Å². The monoisotopic (exact) mass is 172 g/mol. The van der Waals surface area contributed by atoms with Crippen molar-refractivity contribution in [3.63, 3.8) is 0 Å². The van der Waals surface area contributed by atoms with Gasteiger partial charge in [0.2, 0.25) is 0 Å². The Morgan fingerprint density at radius 1 is 1.23 bits per heavy atom. The van der Waals surface area contributed by atoms with Gasteiger partial charge >= 0.3 is 0 Å². The lowest BCUT2D eigenvalue weighted by atomic mass is 10.1. The van der Waals surface area contributed by atoms with E-state index < -0.39 is 0 Å². The molecule has 68 valence electrons. The van der Waals surface area contributed by atoms with Gasteiger partial charge in [-0.3, -0.25) is 0 Å². The summed E-state index contributed by atoms with van der Waals surface area (Å²) in [5.41, 5.74) is 2.66. The molecule has 0 N–H and O–H groups in total. The largest absolute Gasteiger partial charge is 0.103 e. The molecule has 13 heavy (non-hydrogen) atoms. The summed E-state index contributed by atoms with van der Waals surface area (Å²) < 4.78 is 0. The summed E-state index contributed by atoms with van der Waals surface area (Å²) in [5, 5.41) is 0. The first kappa shape index (κ1) is 9.79. The SMILES string of the molecule is C=CCCC=C(C)c1ccccc1. The molecule has 0 saturated heterocycles. The van der Waals surface area contributed by atoms with E-state index in [9.17, 15) is 0 Å². The number of allylic oxidation sites excluding steroid dienone is 3. The molecule has 0 saturated carbocycles. The maximum Gasteiger partial charge on any atom is -0.0231 e. The van der Waals surface area contributed by atoms with Crippen LogP contribution in [0.1, 0.15) is 25.3 Å². The Morgan fingerprint density at radius 3 is 2.54 bits per heavy atom. The van der Waals surface area contributed by atoms with Gasteiger partial charge in [-0.1, -0.05) is 42.5 Å². The Hall–Kier alpha value is -1.30. The van der Waals surface area contributed by atoms with Crippen LogP contribution in [-0.2, 0) is 0 Å². The third-order valence-corrected chi connectivity index (χ3v) is 2.05. The topological polar surface area (TPSA) is 0 Å². The van der Waals surface area contributed by atoms with Crippen molar-refractivity contribution in [1.82, 2.24) is 0 Å². The molecule has 0 radical (unpaired) electrons. The van der Waals surface area contributed by atoms with Gasteiger partial charge in [-0.05, 0) is 30.9 Å². The van der Waals surface area contributed by atoms with Gasteiger partial charge in [-0.15, -0.1) is 6.58 Å². The molecule has 0 aliphatic heterocycles. The molecule has 0 fully saturated rings. The maximum absolute atomic E-state index is 3.70. The number of rotatable bonds is 4. The van der Waals surface area contributed by atoms with E-state index in [-0.39, 0.29) is 0 Å². The Bertz CT molecular complexity index is 280. The molecular formula is C13H16. The lowest BCUT2D eigenvalue weighted by Gasteiger charge is -1.99. The van der Waals surface area contributed by atoms with Crippen molar-refractivity contribution in [2.24, 2.45) is 0 Å². The second-order valence-electron chi connectivity index (χ2n) is 3.12. The van der Waals surface area contributed by atoms with E-state index in [0.29, 0.717) is 0 Å². The van der Waals surface area contributed by atoms with E-state index in [2.05, 4.69) is 43.8 Å². The van der Waals surface area contributed by atoms with Crippen molar-refractivity contribution < 1.29 is 0 Å². The quantitative estimate of drug-likeness (QED) is 0.474. The van der Waals surface area contributed by atoms with Crippen LogP contribution in [0, 0.1) is 0 Å². The third kappa shape index (κ3) is 3.29. The van der Waals surface area contributed by atoms with Crippen molar-refractivity contribution in [1.29, 1.82) is 0 Å². The summed E-state index contributed by atoms with van der Waals surface area (Å²) in [6.45, 7) is 5.85. The molecule has 0 atom stereocenters. The van der Waals surface area contributed by atoms with Crippen molar-refractivity contribution in [2.75, 3.05) is 0 Å². The number of unbranched alkanes of at least 4 members (excludes halogenated alkanes) is 1. The fourth-order valence-electron chi connectivity index (χ4n) is 1.24. The summed E-state index contributed by atoms with van der Waals surface area (Å²) >= 11 is 0. The van der Waals surface area contributed by atoms with Crippen molar-refractivity contribution in [3.8, 4) is 0 Å². The van der Waals surface area contributed by atoms with Crippen LogP contribution >= 0.6 is 0 Å². The predicted octanol–water partition coefficient (Wildman–Crippen LogP) is 4.06. The molecule has 0 aliphatic rings. The Balaban J connectivity index is 2.62. The molecular weight excluding hydrogens is 156 g/mol. The minimum atomic E-state index is 1.06. The standard InChI is InChI=1S/C13H16/c1-3-4-6-9-12(2)13-10-7-5-8-11-13/h3,5,7-11H,1,4,6H2,2H3. The first-order valence-electron chi connectivity index (χ1n) is 4.67. The van der Waals surface area contributed by atoms with Gasteiger partial charge in [0.05, 0.1) is 0 Å². The zero-order chi connectivity index (χ0) is 9.52. The molecule has 1 rings (SSSR count). The smallest absolute Gasteiger partial charge is 0.0231 e. The van der Waals surface area contributed by atoms with Crippen LogP contribution in [0.5, 0.6) is 0 Å². The molecule has 0 unspecified atom stereocenters. The van der Waals surface area contributed by atoms with Crippen molar-refractivity contribution in [2.45, 2.75) is 19.8 Å². The zero-order valence-corrected chi connectivity index (χ0v) is 8.16. The van der Waals surface area contributed by atoms with Crippen molar-refractivity contribution in [3.05, 3.63) is 54.6 Å². The number of hydrogen-bond donors (Lipinski definition) is 0. The lowest BCUT2D eigenvalue weighted by Crippen LogP contribution is -1.77. The highest BCUT2D eigenvalue weighted by Gasteiger charge is 1.91. The van der Waals surface area contributed by atoms with E-state index >= 15 is 0 Å². The van der Waals surface area contributed by atoms with Gasteiger partial charge in [0, 0.05) is 0 Å². The van der Waals surface area contributed by atoms with Gasteiger partial charge in [0.15, 0.2) is 0 Å². The normalized spacial score (nSPS) is 11.3. The summed E-state index contributed by atoms with van der Waals surface area (Å²) in [7, 11) is 0. The molecule has 0 heterocycles. The molecule has 0 aromatic heterocycles. The number of hydrogen-bond acceptors (Lipinski definition) is 0. The van der Waals surface area contributed by atoms with E-state index in [4.69, 9.17) is 0 Å². The van der Waals surface area contributed by atoms with E-state index in [1.807, 2.05) is 12.1 Å². The Labute approximate surface area is 80.6 Å². The second-order valence-corrected chi connectivity index (χ2v) is 3.12. The summed E-state index contributed by atoms with van der Waals surface area (Å²) in [5.74, 6) is 0. The van der Waals surface area contributed by atoms with E-state index in [1.165, 1.54) is 11.1 Å². The first-order valence-corrected chi connectivity index (χ1v) is 4.67. The van der Waals surface area contributed by atoms with Crippen LogP contribution in [0.3, 0.4) is 0 Å². The highest BCUT2D eigenvalue weighted by molar-refractivity contribution is 5.63. The van der Waals surface area contributed by atoms with Crippen LogP contribution in [0.25, 0.3) is 5.57 Å². The van der Waals surface area contributed by atoms with Crippen LogP contribution in [-0.4, -0.2) is 0 Å². The Kier molecular flexibility index (Phi) is 4.04. The van der Waals surface area contributed by atoms with Crippen LogP contribution in [0.15, 0.2) is 49.1 Å². The molecule has 0 amide bonds. The van der Waals surface area contributed by atoms with Gasteiger partial charge in [-0.25, -0.2) is 0 Å². The lowest BCUT2D eigenvalue weighted by molar-refractivity contribution is 1.06. The minimum Gasteiger partial charge on any atom is -0.103 e. The molecule has 0 aliphatic carbocycles. The van der Waals surface area contributed by atoms with Crippen molar-refractivity contribution >= 4 is 5.57 Å². The third-order valence-electron chi connectivity index (χ3n) is 2.05. The molecule has 1 aromatic carbocycles. The van der Waals surface area contributed by atoms with Gasteiger partial charge in [0.1, 0.15) is 0 Å². The fourth-order valence-corrected chi connectivity index (χ4v) is 1.24. The summed E-state index contributed by atoms with van der Waals surface area (Å²) in [4.78, 5) is 0. The van der Waals surface area contributed by atoms with Crippen LogP contribution in [0.2, 0.25) is 0 Å². The average molecular weight is 172 g/mol. The molecule has 0 nitrogen and oxygen atoms in total. The maximum atomic E-state index is 3.70. The predicted molar refractivity (Wildman–Crippen MR) is 59.5 cm³/mol. The molecule has 0 bridgehead atoms. The van der Waals surface area contributed by atoms with Gasteiger partial charge in [-0.2, -0.15) is 0 Å². The van der Waals surface area contributed by atoms with Gasteiger partial charge < -0.3 is 0 Å². The molecule has 1 aromatic rings. The highest BCUT2D eigenvalue weighted by atomic mass is 14.0. The van der Waals surface area contributed by atoms with E-state index in [1.54, 1.807) is 0 Å². The minimum absolute atomic E-state index is 1.06. The average Bonchev–Trinajstić information content (AvgIpc) is 2.19. The zero-order valence-electron chi connectivity index (χ0n) is 8.16. The second kappa shape index (κ2) is 5.36.